The Morgan fingerprint density at radius 1 is 1.17 bits per heavy atom. The smallest absolute Gasteiger partial charge is 0.472 e. The first kappa shape index (κ1) is 30.2. The van der Waals surface area contributed by atoms with Gasteiger partial charge in [-0.2, -0.15) is 0 Å². The molecule has 0 aliphatic rings. The minimum atomic E-state index is -4.78. The Morgan fingerprint density at radius 2 is 1.86 bits per heavy atom. The van der Waals surface area contributed by atoms with Crippen LogP contribution >= 0.6 is 7.82 Å². The maximum Gasteiger partial charge on any atom is 0.472 e. The van der Waals surface area contributed by atoms with Crippen LogP contribution in [-0.2, 0) is 48.7 Å². The summed E-state index contributed by atoms with van der Waals surface area (Å²) in [6.45, 7) is 1.46. The third-order valence-corrected chi connectivity index (χ3v) is 5.18. The monoisotopic (exact) mass is 522 g/mol. The third kappa shape index (κ3) is 12.4. The summed E-state index contributed by atoms with van der Waals surface area (Å²) in [6, 6.07) is -2.86. The highest BCUT2D eigenvalue weighted by Gasteiger charge is 2.29. The standard InChI is InChI=1S/C19H31N4O11P/c1-3-5-17(25)34-13(8-31-16(24)4-2)9-32-35(29,30)33-10-14(20)18(26)23-15(19(27)28)6-12-7-21-11-22-12/h7,11,13-15H,3-6,8-10,20H2,1-2H3,(H,21,22)(H,23,26)(H,27,28)(H,29,30). The van der Waals surface area contributed by atoms with E-state index in [1.54, 1.807) is 13.8 Å². The summed E-state index contributed by atoms with van der Waals surface area (Å²) < 4.78 is 31.6. The molecule has 0 saturated heterocycles. The van der Waals surface area contributed by atoms with E-state index in [1.165, 1.54) is 12.5 Å². The number of nitrogens with zero attached hydrogens (tertiary/aromatic N) is 1. The molecule has 0 aromatic carbocycles. The topological polar surface area (TPSA) is 229 Å². The Labute approximate surface area is 201 Å². The molecule has 0 fully saturated rings. The van der Waals surface area contributed by atoms with Crippen molar-refractivity contribution in [3.05, 3.63) is 18.2 Å². The van der Waals surface area contributed by atoms with Gasteiger partial charge in [0, 0.05) is 25.5 Å². The summed E-state index contributed by atoms with van der Waals surface area (Å²) in [5.74, 6) is -3.48. The summed E-state index contributed by atoms with van der Waals surface area (Å²) in [6.07, 6.45) is 2.14. The summed E-state index contributed by atoms with van der Waals surface area (Å²) in [4.78, 5) is 63.1. The number of aromatic nitrogens is 2. The van der Waals surface area contributed by atoms with E-state index >= 15 is 0 Å². The van der Waals surface area contributed by atoms with Crippen molar-refractivity contribution in [3.63, 3.8) is 0 Å². The number of nitrogens with two attached hydrogens (primary N) is 1. The Kier molecular flexibility index (Phi) is 13.1. The van der Waals surface area contributed by atoms with Gasteiger partial charge in [-0.3, -0.25) is 23.4 Å². The van der Waals surface area contributed by atoms with Crippen molar-refractivity contribution in [2.45, 2.75) is 57.7 Å². The first-order chi connectivity index (χ1) is 16.5. The number of H-pyrrole nitrogens is 1. The van der Waals surface area contributed by atoms with Crippen LogP contribution in [0, 0.1) is 0 Å². The number of imidazole rings is 1. The Bertz CT molecular complexity index is 880. The van der Waals surface area contributed by atoms with Crippen molar-refractivity contribution in [1.29, 1.82) is 0 Å². The van der Waals surface area contributed by atoms with Gasteiger partial charge in [0.15, 0.2) is 6.10 Å². The Morgan fingerprint density at radius 3 is 2.43 bits per heavy atom. The molecule has 0 spiro atoms. The number of ether oxygens (including phenoxy) is 2. The number of esters is 2. The van der Waals surface area contributed by atoms with Gasteiger partial charge in [-0.05, 0) is 6.42 Å². The van der Waals surface area contributed by atoms with Gasteiger partial charge >= 0.3 is 25.7 Å². The second-order valence-corrected chi connectivity index (χ2v) is 8.68. The summed E-state index contributed by atoms with van der Waals surface area (Å²) in [5, 5.41) is 11.5. The summed E-state index contributed by atoms with van der Waals surface area (Å²) in [7, 11) is -4.78. The number of carboxylic acids is 1. The number of phosphoric acid groups is 1. The Hall–Kier alpha value is -2.84. The minimum absolute atomic E-state index is 0.0719. The molecule has 198 valence electrons. The van der Waals surface area contributed by atoms with Gasteiger partial charge in [0.2, 0.25) is 5.91 Å². The van der Waals surface area contributed by atoms with Crippen LogP contribution in [0.5, 0.6) is 0 Å². The molecule has 0 radical (unpaired) electrons. The molecular formula is C19H31N4O11P. The molecule has 4 unspecified atom stereocenters. The number of hydrogen-bond donors (Lipinski definition) is 5. The van der Waals surface area contributed by atoms with E-state index in [0.29, 0.717) is 12.1 Å². The average molecular weight is 522 g/mol. The first-order valence-electron chi connectivity index (χ1n) is 10.7. The van der Waals surface area contributed by atoms with Crippen molar-refractivity contribution >= 4 is 31.6 Å². The maximum atomic E-state index is 12.2. The van der Waals surface area contributed by atoms with Crippen molar-refractivity contribution < 1.29 is 52.3 Å². The van der Waals surface area contributed by atoms with Crippen molar-refractivity contribution in [2.24, 2.45) is 5.73 Å². The lowest BCUT2D eigenvalue weighted by atomic mass is 10.1. The minimum Gasteiger partial charge on any atom is -0.480 e. The van der Waals surface area contributed by atoms with E-state index in [4.69, 9.17) is 24.3 Å². The van der Waals surface area contributed by atoms with E-state index < -0.39 is 69.6 Å². The molecule has 0 aliphatic heterocycles. The van der Waals surface area contributed by atoms with Crippen LogP contribution in [-0.4, -0.2) is 81.8 Å². The van der Waals surface area contributed by atoms with Crippen LogP contribution in [0.1, 0.15) is 38.8 Å². The number of amides is 1. The fourth-order valence-electron chi connectivity index (χ4n) is 2.41. The predicted octanol–water partition coefficient (Wildman–Crippen LogP) is -0.352. The average Bonchev–Trinajstić information content (AvgIpc) is 3.31. The molecular weight excluding hydrogens is 491 g/mol. The zero-order chi connectivity index (χ0) is 26.4. The van der Waals surface area contributed by atoms with Gasteiger partial charge in [0.05, 0.1) is 25.2 Å². The largest absolute Gasteiger partial charge is 0.480 e. The van der Waals surface area contributed by atoms with Crippen LogP contribution in [0.15, 0.2) is 12.5 Å². The molecule has 0 bridgehead atoms. The zero-order valence-electron chi connectivity index (χ0n) is 19.4. The van der Waals surface area contributed by atoms with Gasteiger partial charge in [-0.25, -0.2) is 14.3 Å². The maximum absolute atomic E-state index is 12.2. The molecule has 16 heteroatoms. The summed E-state index contributed by atoms with van der Waals surface area (Å²) >= 11 is 0. The number of carbonyl (C=O) groups is 4. The van der Waals surface area contributed by atoms with Gasteiger partial charge in [0.1, 0.15) is 18.7 Å². The second kappa shape index (κ2) is 15.2. The van der Waals surface area contributed by atoms with Crippen LogP contribution in [0.3, 0.4) is 0 Å². The fraction of sp³-hybridized carbons (Fsp3) is 0.632. The number of nitrogens with one attached hydrogen (secondary N) is 2. The van der Waals surface area contributed by atoms with Crippen LogP contribution in [0.2, 0.25) is 0 Å². The van der Waals surface area contributed by atoms with E-state index in [1.807, 2.05) is 0 Å². The number of carbonyl (C=O) groups excluding carboxylic acids is 3. The molecule has 1 amide bonds. The molecule has 1 aromatic rings. The molecule has 1 aromatic heterocycles. The molecule has 35 heavy (non-hydrogen) atoms. The lowest BCUT2D eigenvalue weighted by Crippen LogP contribution is -2.50. The molecule has 4 atom stereocenters. The van der Waals surface area contributed by atoms with Gasteiger partial charge in [0.25, 0.3) is 0 Å². The lowest BCUT2D eigenvalue weighted by molar-refractivity contribution is -0.161. The van der Waals surface area contributed by atoms with E-state index in [0.717, 1.165) is 0 Å². The molecule has 1 rings (SSSR count). The molecule has 0 aliphatic carbocycles. The van der Waals surface area contributed by atoms with E-state index in [2.05, 4.69) is 15.3 Å². The van der Waals surface area contributed by atoms with Crippen molar-refractivity contribution in [2.75, 3.05) is 19.8 Å². The highest BCUT2D eigenvalue weighted by Crippen LogP contribution is 2.43. The molecule has 0 saturated carbocycles. The highest BCUT2D eigenvalue weighted by atomic mass is 31.2. The van der Waals surface area contributed by atoms with Crippen molar-refractivity contribution in [3.8, 4) is 0 Å². The van der Waals surface area contributed by atoms with Crippen LogP contribution in [0.25, 0.3) is 0 Å². The second-order valence-electron chi connectivity index (χ2n) is 7.23. The number of hydrogen-bond acceptors (Lipinski definition) is 11. The normalized spacial score (nSPS) is 15.3. The van der Waals surface area contributed by atoms with Crippen molar-refractivity contribution in [1.82, 2.24) is 15.3 Å². The molecule has 15 nitrogen and oxygen atoms in total. The lowest BCUT2D eigenvalue weighted by Gasteiger charge is -2.21. The number of rotatable bonds is 17. The van der Waals surface area contributed by atoms with Crippen LogP contribution < -0.4 is 11.1 Å². The SMILES string of the molecule is CCCC(=O)OC(COC(=O)CC)COP(=O)(O)OCC(N)C(=O)NC(Cc1c[nH]cn1)C(=O)O. The molecule has 6 N–H and O–H groups in total. The quantitative estimate of drug-likeness (QED) is 0.130. The number of aromatic amines is 1. The zero-order valence-corrected chi connectivity index (χ0v) is 20.3. The summed E-state index contributed by atoms with van der Waals surface area (Å²) in [5.41, 5.74) is 6.02. The number of phosphoric ester groups is 1. The van der Waals surface area contributed by atoms with Gasteiger partial charge in [-0.15, -0.1) is 0 Å². The Balaban J connectivity index is 2.59. The van der Waals surface area contributed by atoms with Gasteiger partial charge < -0.3 is 35.5 Å². The van der Waals surface area contributed by atoms with Gasteiger partial charge in [-0.1, -0.05) is 13.8 Å². The first-order valence-corrected chi connectivity index (χ1v) is 12.2. The number of carboxylic acid groups (broad SMARTS) is 1. The molecule has 1 heterocycles. The number of aliphatic carboxylic acids is 1. The highest BCUT2D eigenvalue weighted by molar-refractivity contribution is 7.47. The fourth-order valence-corrected chi connectivity index (χ4v) is 3.19. The van der Waals surface area contributed by atoms with E-state index in [9.17, 15) is 33.7 Å². The van der Waals surface area contributed by atoms with Crippen LogP contribution in [0.4, 0.5) is 0 Å². The van der Waals surface area contributed by atoms with E-state index in [-0.39, 0.29) is 19.3 Å². The third-order valence-electron chi connectivity index (χ3n) is 4.23. The predicted molar refractivity (Wildman–Crippen MR) is 118 cm³/mol.